The first kappa shape index (κ1) is 15.7. The van der Waals surface area contributed by atoms with E-state index in [1.54, 1.807) is 18.3 Å². The Kier molecular flexibility index (Phi) is 4.72. The fourth-order valence-electron chi connectivity index (χ4n) is 3.12. The molecule has 0 radical (unpaired) electrons. The number of hydrogen-bond donors (Lipinski definition) is 2. The largest absolute Gasteiger partial charge is 0.346 e. The third kappa shape index (κ3) is 3.59. The van der Waals surface area contributed by atoms with Crippen molar-refractivity contribution in [2.75, 3.05) is 0 Å². The second-order valence-electron chi connectivity index (χ2n) is 6.17. The van der Waals surface area contributed by atoms with Crippen molar-refractivity contribution in [3.8, 4) is 0 Å². The van der Waals surface area contributed by atoms with Crippen molar-refractivity contribution in [1.29, 1.82) is 0 Å². The summed E-state index contributed by atoms with van der Waals surface area (Å²) in [5, 5.41) is 3.06. The maximum atomic E-state index is 12.4. The second-order valence-corrected chi connectivity index (χ2v) is 6.17. The van der Waals surface area contributed by atoms with Gasteiger partial charge in [0.1, 0.15) is 0 Å². The van der Waals surface area contributed by atoms with Crippen molar-refractivity contribution in [1.82, 2.24) is 10.3 Å². The molecule has 0 spiro atoms. The maximum absolute atomic E-state index is 12.4. The third-order valence-electron chi connectivity index (χ3n) is 4.51. The molecule has 1 aliphatic rings. The normalized spacial score (nSPS) is 14.9. The van der Waals surface area contributed by atoms with Gasteiger partial charge in [-0.15, -0.1) is 0 Å². The van der Waals surface area contributed by atoms with Crippen LogP contribution in [0.4, 0.5) is 0 Å². The fraction of sp³-hybridized carbons (Fsp3) is 0.368. The third-order valence-corrected chi connectivity index (χ3v) is 4.51. The van der Waals surface area contributed by atoms with Crippen LogP contribution in [0.15, 0.2) is 36.5 Å². The van der Waals surface area contributed by atoms with Gasteiger partial charge in [-0.25, -0.2) is 0 Å². The molecule has 0 aliphatic heterocycles. The molecule has 0 fully saturated rings. The van der Waals surface area contributed by atoms with Gasteiger partial charge in [0.05, 0.1) is 11.7 Å². The number of amides is 1. The molecular weight excluding hydrogens is 286 g/mol. The molecular formula is C19H23N3O. The van der Waals surface area contributed by atoms with Crippen LogP contribution in [-0.4, -0.2) is 10.9 Å². The minimum absolute atomic E-state index is 0.0239. The minimum atomic E-state index is -0.0904. The van der Waals surface area contributed by atoms with Crippen molar-refractivity contribution < 1.29 is 4.79 Å². The average Bonchev–Trinajstić information content (AvgIpc) is 2.61. The van der Waals surface area contributed by atoms with Crippen LogP contribution in [0.1, 0.15) is 58.5 Å². The molecule has 3 rings (SSSR count). The lowest BCUT2D eigenvalue weighted by Gasteiger charge is -2.20. The van der Waals surface area contributed by atoms with Gasteiger partial charge < -0.3 is 11.1 Å². The van der Waals surface area contributed by atoms with Gasteiger partial charge in [0, 0.05) is 18.3 Å². The summed E-state index contributed by atoms with van der Waals surface area (Å²) >= 11 is 0. The first-order valence-corrected chi connectivity index (χ1v) is 8.25. The van der Waals surface area contributed by atoms with Crippen molar-refractivity contribution in [3.05, 3.63) is 64.5 Å². The predicted octanol–water partition coefficient (Wildman–Crippen LogP) is 2.91. The fourth-order valence-corrected chi connectivity index (χ4v) is 3.12. The van der Waals surface area contributed by atoms with Crippen molar-refractivity contribution >= 4 is 5.91 Å². The zero-order valence-electron chi connectivity index (χ0n) is 13.5. The lowest BCUT2D eigenvalue weighted by atomic mass is 9.89. The van der Waals surface area contributed by atoms with E-state index >= 15 is 0 Å². The monoisotopic (exact) mass is 309 g/mol. The van der Waals surface area contributed by atoms with Crippen LogP contribution < -0.4 is 11.1 Å². The second kappa shape index (κ2) is 6.92. The number of benzene rings is 1. The average molecular weight is 309 g/mol. The Morgan fingerprint density at radius 2 is 2.00 bits per heavy atom. The van der Waals surface area contributed by atoms with E-state index in [1.807, 2.05) is 6.92 Å². The maximum Gasteiger partial charge on any atom is 0.251 e. The van der Waals surface area contributed by atoms with E-state index in [9.17, 15) is 4.79 Å². The van der Waals surface area contributed by atoms with E-state index in [1.165, 1.54) is 30.4 Å². The molecule has 4 nitrogen and oxygen atoms in total. The van der Waals surface area contributed by atoms with Crippen molar-refractivity contribution in [2.45, 2.75) is 45.2 Å². The van der Waals surface area contributed by atoms with E-state index < -0.39 is 0 Å². The van der Waals surface area contributed by atoms with Crippen LogP contribution in [0, 0.1) is 0 Å². The Bertz CT molecular complexity index is 712. The number of nitrogens with one attached hydrogen (secondary N) is 1. The number of aromatic nitrogens is 1. The number of nitrogens with zero attached hydrogens (tertiary/aromatic N) is 1. The highest BCUT2D eigenvalue weighted by molar-refractivity contribution is 5.94. The molecule has 0 bridgehead atoms. The Balaban J connectivity index is 1.73. The summed E-state index contributed by atoms with van der Waals surface area (Å²) < 4.78 is 0. The smallest absolute Gasteiger partial charge is 0.251 e. The number of aryl methyl sites for hydroxylation is 2. The summed E-state index contributed by atoms with van der Waals surface area (Å²) in [6.07, 6.45) is 6.49. The van der Waals surface area contributed by atoms with Crippen molar-refractivity contribution in [3.63, 3.8) is 0 Å². The lowest BCUT2D eigenvalue weighted by molar-refractivity contribution is 0.0939. The van der Waals surface area contributed by atoms with Crippen LogP contribution in [0.25, 0.3) is 0 Å². The number of nitrogens with two attached hydrogens (primary N) is 1. The van der Waals surface area contributed by atoms with Crippen LogP contribution in [0.2, 0.25) is 0 Å². The van der Waals surface area contributed by atoms with E-state index in [0.29, 0.717) is 12.1 Å². The van der Waals surface area contributed by atoms with Gasteiger partial charge in [-0.05, 0) is 61.4 Å². The van der Waals surface area contributed by atoms with E-state index in [4.69, 9.17) is 5.73 Å². The molecule has 1 amide bonds. The number of rotatable bonds is 4. The molecule has 4 heteroatoms. The van der Waals surface area contributed by atoms with Gasteiger partial charge in [0.2, 0.25) is 0 Å². The summed E-state index contributed by atoms with van der Waals surface area (Å²) in [5.74, 6) is -0.0904. The highest BCUT2D eigenvalue weighted by atomic mass is 16.1. The van der Waals surface area contributed by atoms with Gasteiger partial charge in [0.15, 0.2) is 0 Å². The molecule has 1 heterocycles. The summed E-state index contributed by atoms with van der Waals surface area (Å²) in [7, 11) is 0. The number of hydrogen-bond acceptors (Lipinski definition) is 3. The Labute approximate surface area is 137 Å². The molecule has 1 aliphatic carbocycles. The minimum Gasteiger partial charge on any atom is -0.346 e. The van der Waals surface area contributed by atoms with Gasteiger partial charge in [-0.1, -0.05) is 18.2 Å². The zero-order valence-corrected chi connectivity index (χ0v) is 13.5. The SMILES string of the molecule is CC(NC(=O)c1ccnc(CN)c1)c1ccc2c(c1)CCCC2. The molecule has 1 atom stereocenters. The van der Waals surface area contributed by atoms with Crippen LogP contribution in [-0.2, 0) is 19.4 Å². The summed E-state index contributed by atoms with van der Waals surface area (Å²) in [6.45, 7) is 2.36. The Morgan fingerprint density at radius 1 is 1.22 bits per heavy atom. The molecule has 0 saturated carbocycles. The molecule has 3 N–H and O–H groups in total. The van der Waals surface area contributed by atoms with Crippen LogP contribution in [0.3, 0.4) is 0 Å². The molecule has 1 aromatic carbocycles. The molecule has 1 unspecified atom stereocenters. The predicted molar refractivity (Wildman–Crippen MR) is 91.1 cm³/mol. The molecule has 1 aromatic heterocycles. The first-order valence-electron chi connectivity index (χ1n) is 8.25. The van der Waals surface area contributed by atoms with Crippen LogP contribution >= 0.6 is 0 Å². The Hall–Kier alpha value is -2.20. The number of carbonyl (C=O) groups is 1. The quantitative estimate of drug-likeness (QED) is 0.912. The zero-order chi connectivity index (χ0) is 16.2. The molecule has 2 aromatic rings. The Morgan fingerprint density at radius 3 is 2.78 bits per heavy atom. The van der Waals surface area contributed by atoms with Gasteiger partial charge in [-0.3, -0.25) is 9.78 Å². The summed E-state index contributed by atoms with van der Waals surface area (Å²) in [5.41, 5.74) is 11.0. The highest BCUT2D eigenvalue weighted by Crippen LogP contribution is 2.24. The first-order chi connectivity index (χ1) is 11.2. The van der Waals surface area contributed by atoms with Crippen LogP contribution in [0.5, 0.6) is 0 Å². The van der Waals surface area contributed by atoms with Gasteiger partial charge >= 0.3 is 0 Å². The molecule has 23 heavy (non-hydrogen) atoms. The van der Waals surface area contributed by atoms with Gasteiger partial charge in [0.25, 0.3) is 5.91 Å². The number of carbonyl (C=O) groups excluding carboxylic acids is 1. The molecule has 0 saturated heterocycles. The lowest BCUT2D eigenvalue weighted by Crippen LogP contribution is -2.27. The summed E-state index contributed by atoms with van der Waals surface area (Å²) in [6, 6.07) is 10.0. The van der Waals surface area contributed by atoms with Gasteiger partial charge in [-0.2, -0.15) is 0 Å². The summed E-state index contributed by atoms with van der Waals surface area (Å²) in [4.78, 5) is 16.5. The number of pyridine rings is 1. The standard InChI is InChI=1S/C19H23N3O/c1-13(15-7-6-14-4-2-3-5-16(14)10-15)22-19(23)17-8-9-21-18(11-17)12-20/h6-11,13H,2-5,12,20H2,1H3,(H,22,23). The number of fused-ring (bicyclic) bond motifs is 1. The topological polar surface area (TPSA) is 68.0 Å². The van der Waals surface area contributed by atoms with E-state index in [-0.39, 0.29) is 11.9 Å². The molecule has 120 valence electrons. The van der Waals surface area contributed by atoms with E-state index in [2.05, 4.69) is 28.5 Å². The van der Waals surface area contributed by atoms with E-state index in [0.717, 1.165) is 17.7 Å². The van der Waals surface area contributed by atoms with Crippen molar-refractivity contribution in [2.24, 2.45) is 5.73 Å². The highest BCUT2D eigenvalue weighted by Gasteiger charge is 2.15.